The zero-order valence-corrected chi connectivity index (χ0v) is 12.2. The van der Waals surface area contributed by atoms with Crippen molar-refractivity contribution in [3.05, 3.63) is 29.3 Å². The van der Waals surface area contributed by atoms with Crippen LogP contribution in [0.15, 0.2) is 18.2 Å². The molecule has 0 atom stereocenters. The largest absolute Gasteiger partial charge is 0.389 e. The Balaban J connectivity index is 1.77. The standard InChI is InChI=1S/C15H21N3S/c1-11-2-5-14(13(10-11)15(16)19)18-8-6-17(7-9-18)12-3-4-12/h2,5,10,12H,3-4,6-9H2,1H3,(H2,16,19). The summed E-state index contributed by atoms with van der Waals surface area (Å²) < 4.78 is 0. The molecule has 0 bridgehead atoms. The van der Waals surface area contributed by atoms with Gasteiger partial charge in [0.05, 0.1) is 0 Å². The third kappa shape index (κ3) is 2.74. The van der Waals surface area contributed by atoms with Crippen molar-refractivity contribution in [3.63, 3.8) is 0 Å². The number of nitrogens with two attached hydrogens (primary N) is 1. The first-order valence-corrected chi connectivity index (χ1v) is 7.45. The lowest BCUT2D eigenvalue weighted by molar-refractivity contribution is 0.248. The van der Waals surface area contributed by atoms with Gasteiger partial charge in [0, 0.05) is 43.5 Å². The van der Waals surface area contributed by atoms with E-state index in [1.54, 1.807) is 0 Å². The Morgan fingerprint density at radius 2 is 1.89 bits per heavy atom. The van der Waals surface area contributed by atoms with Crippen molar-refractivity contribution in [2.75, 3.05) is 31.1 Å². The van der Waals surface area contributed by atoms with Gasteiger partial charge in [0.1, 0.15) is 4.99 Å². The molecule has 3 nitrogen and oxygen atoms in total. The normalized spacial score (nSPS) is 20.6. The van der Waals surface area contributed by atoms with Gasteiger partial charge in [-0.05, 0) is 31.9 Å². The fraction of sp³-hybridized carbons (Fsp3) is 0.533. The predicted octanol–water partition coefficient (Wildman–Crippen LogP) is 1.91. The molecular weight excluding hydrogens is 254 g/mol. The molecule has 1 aromatic carbocycles. The van der Waals surface area contributed by atoms with Crippen molar-refractivity contribution < 1.29 is 0 Å². The molecular formula is C15H21N3S. The minimum atomic E-state index is 0.503. The lowest BCUT2D eigenvalue weighted by Crippen LogP contribution is -2.47. The second kappa shape index (κ2) is 5.10. The van der Waals surface area contributed by atoms with Gasteiger partial charge >= 0.3 is 0 Å². The van der Waals surface area contributed by atoms with E-state index < -0.39 is 0 Å². The van der Waals surface area contributed by atoms with Crippen molar-refractivity contribution in [2.45, 2.75) is 25.8 Å². The van der Waals surface area contributed by atoms with Crippen molar-refractivity contribution in [1.29, 1.82) is 0 Å². The lowest BCUT2D eigenvalue weighted by Gasteiger charge is -2.37. The Bertz CT molecular complexity index is 488. The Labute approximate surface area is 120 Å². The van der Waals surface area contributed by atoms with E-state index in [1.807, 2.05) is 0 Å². The number of hydrogen-bond donors (Lipinski definition) is 1. The van der Waals surface area contributed by atoms with Crippen LogP contribution in [0.5, 0.6) is 0 Å². The second-order valence-electron chi connectivity index (χ2n) is 5.64. The van der Waals surface area contributed by atoms with Crippen molar-refractivity contribution >= 4 is 22.9 Å². The van der Waals surface area contributed by atoms with Gasteiger partial charge in [-0.15, -0.1) is 0 Å². The highest BCUT2D eigenvalue weighted by molar-refractivity contribution is 7.80. The molecule has 1 aromatic rings. The number of anilines is 1. The van der Waals surface area contributed by atoms with E-state index in [9.17, 15) is 0 Å². The van der Waals surface area contributed by atoms with E-state index in [4.69, 9.17) is 18.0 Å². The van der Waals surface area contributed by atoms with E-state index in [0.717, 1.165) is 37.8 Å². The van der Waals surface area contributed by atoms with E-state index in [1.165, 1.54) is 24.1 Å². The number of piperazine rings is 1. The number of nitrogens with zero attached hydrogens (tertiary/aromatic N) is 2. The molecule has 102 valence electrons. The Morgan fingerprint density at radius 3 is 2.47 bits per heavy atom. The monoisotopic (exact) mass is 275 g/mol. The van der Waals surface area contributed by atoms with Crippen LogP contribution in [0.3, 0.4) is 0 Å². The average molecular weight is 275 g/mol. The van der Waals surface area contributed by atoms with Crippen LogP contribution in [0, 0.1) is 6.92 Å². The topological polar surface area (TPSA) is 32.5 Å². The molecule has 1 saturated heterocycles. The molecule has 0 unspecified atom stereocenters. The first-order chi connectivity index (χ1) is 9.15. The summed E-state index contributed by atoms with van der Waals surface area (Å²) in [4.78, 5) is 5.54. The fourth-order valence-corrected chi connectivity index (χ4v) is 3.05. The van der Waals surface area contributed by atoms with Gasteiger partial charge in [0.15, 0.2) is 0 Å². The van der Waals surface area contributed by atoms with E-state index in [2.05, 4.69) is 34.9 Å². The number of hydrogen-bond acceptors (Lipinski definition) is 3. The SMILES string of the molecule is Cc1ccc(N2CCN(C3CC3)CC2)c(C(N)=S)c1. The lowest BCUT2D eigenvalue weighted by atomic mass is 10.1. The molecule has 1 aliphatic heterocycles. The van der Waals surface area contributed by atoms with Crippen LogP contribution < -0.4 is 10.6 Å². The maximum absolute atomic E-state index is 5.87. The summed E-state index contributed by atoms with van der Waals surface area (Å²) in [5.41, 5.74) is 9.31. The van der Waals surface area contributed by atoms with Crippen LogP contribution in [0.2, 0.25) is 0 Å². The molecule has 2 N–H and O–H groups in total. The van der Waals surface area contributed by atoms with Crippen LogP contribution in [0.1, 0.15) is 24.0 Å². The molecule has 0 amide bonds. The van der Waals surface area contributed by atoms with E-state index >= 15 is 0 Å². The molecule has 1 heterocycles. The molecule has 19 heavy (non-hydrogen) atoms. The van der Waals surface area contributed by atoms with Crippen LogP contribution in [-0.4, -0.2) is 42.1 Å². The zero-order chi connectivity index (χ0) is 13.4. The summed E-state index contributed by atoms with van der Waals surface area (Å²) in [6.07, 6.45) is 2.78. The van der Waals surface area contributed by atoms with Gasteiger partial charge in [-0.3, -0.25) is 4.90 Å². The number of aryl methyl sites for hydroxylation is 1. The molecule has 1 aliphatic carbocycles. The van der Waals surface area contributed by atoms with Crippen LogP contribution >= 0.6 is 12.2 Å². The summed E-state index contributed by atoms with van der Waals surface area (Å²) in [6.45, 7) is 6.56. The van der Waals surface area contributed by atoms with Gasteiger partial charge in [0.25, 0.3) is 0 Å². The van der Waals surface area contributed by atoms with Crippen molar-refractivity contribution in [3.8, 4) is 0 Å². The van der Waals surface area contributed by atoms with Crippen LogP contribution in [0.25, 0.3) is 0 Å². The van der Waals surface area contributed by atoms with Gasteiger partial charge in [-0.2, -0.15) is 0 Å². The molecule has 0 spiro atoms. The molecule has 4 heteroatoms. The molecule has 2 fully saturated rings. The smallest absolute Gasteiger partial charge is 0.106 e. The van der Waals surface area contributed by atoms with Crippen LogP contribution in [-0.2, 0) is 0 Å². The fourth-order valence-electron chi connectivity index (χ4n) is 2.89. The van der Waals surface area contributed by atoms with Gasteiger partial charge in [-0.25, -0.2) is 0 Å². The van der Waals surface area contributed by atoms with Crippen molar-refractivity contribution in [2.24, 2.45) is 5.73 Å². The maximum Gasteiger partial charge on any atom is 0.106 e. The Morgan fingerprint density at radius 1 is 1.21 bits per heavy atom. The highest BCUT2D eigenvalue weighted by Gasteiger charge is 2.31. The molecule has 3 rings (SSSR count). The number of thiocarbonyl (C=S) groups is 1. The van der Waals surface area contributed by atoms with Crippen molar-refractivity contribution in [1.82, 2.24) is 4.90 Å². The zero-order valence-electron chi connectivity index (χ0n) is 11.4. The van der Waals surface area contributed by atoms with Gasteiger partial charge in [0.2, 0.25) is 0 Å². The summed E-state index contributed by atoms with van der Waals surface area (Å²) in [5, 5.41) is 0. The first-order valence-electron chi connectivity index (χ1n) is 7.04. The van der Waals surface area contributed by atoms with Crippen LogP contribution in [0.4, 0.5) is 5.69 Å². The molecule has 0 aromatic heterocycles. The third-order valence-corrected chi connectivity index (χ3v) is 4.36. The maximum atomic E-state index is 5.87. The highest BCUT2D eigenvalue weighted by Crippen LogP contribution is 2.29. The minimum absolute atomic E-state index is 0.503. The van der Waals surface area contributed by atoms with Gasteiger partial charge < -0.3 is 10.6 Å². The summed E-state index contributed by atoms with van der Waals surface area (Å²) in [7, 11) is 0. The number of rotatable bonds is 3. The van der Waals surface area contributed by atoms with Gasteiger partial charge in [-0.1, -0.05) is 23.8 Å². The second-order valence-corrected chi connectivity index (χ2v) is 6.08. The van der Waals surface area contributed by atoms with E-state index in [-0.39, 0.29) is 0 Å². The molecule has 1 saturated carbocycles. The van der Waals surface area contributed by atoms with E-state index in [0.29, 0.717) is 4.99 Å². The summed E-state index contributed by atoms with van der Waals surface area (Å²) >= 11 is 5.19. The Hall–Kier alpha value is -1.13. The number of benzene rings is 1. The summed E-state index contributed by atoms with van der Waals surface area (Å²) in [6, 6.07) is 7.28. The first kappa shape index (κ1) is 12.9. The highest BCUT2D eigenvalue weighted by atomic mass is 32.1. The molecule has 0 radical (unpaired) electrons. The quantitative estimate of drug-likeness (QED) is 0.854. The minimum Gasteiger partial charge on any atom is -0.389 e. The Kier molecular flexibility index (Phi) is 3.46. The predicted molar refractivity (Wildman–Crippen MR) is 83.9 cm³/mol. The molecule has 2 aliphatic rings. The summed E-state index contributed by atoms with van der Waals surface area (Å²) in [5.74, 6) is 0. The average Bonchev–Trinajstić information content (AvgIpc) is 3.23. The third-order valence-electron chi connectivity index (χ3n) is 4.14.